The van der Waals surface area contributed by atoms with E-state index in [0.717, 1.165) is 6.26 Å². The first kappa shape index (κ1) is 14.5. The molecule has 1 rings (SSSR count). The Hall–Kier alpha value is -1.56. The third kappa shape index (κ3) is 5.67. The number of sulfone groups is 1. The molecule has 0 heterocycles. The van der Waals surface area contributed by atoms with E-state index in [9.17, 15) is 18.3 Å². The van der Waals surface area contributed by atoms with E-state index in [1.54, 1.807) is 19.1 Å². The van der Waals surface area contributed by atoms with E-state index in [-0.39, 0.29) is 23.8 Å². The van der Waals surface area contributed by atoms with Crippen molar-refractivity contribution in [2.75, 3.05) is 12.0 Å². The minimum Gasteiger partial charge on any atom is -0.508 e. The zero-order valence-electron chi connectivity index (χ0n) is 10.4. The molecule has 5 nitrogen and oxygen atoms in total. The fraction of sp³-hybridized carbons (Fsp3) is 0.417. The number of phenolic OH excluding ortho intramolecular Hbond substituents is 1. The lowest BCUT2D eigenvalue weighted by atomic mass is 10.1. The molecule has 1 atom stereocenters. The van der Waals surface area contributed by atoms with Gasteiger partial charge in [-0.25, -0.2) is 8.42 Å². The minimum absolute atomic E-state index is 0.0845. The third-order valence-electron chi connectivity index (χ3n) is 2.24. The van der Waals surface area contributed by atoms with Gasteiger partial charge in [0.25, 0.3) is 0 Å². The van der Waals surface area contributed by atoms with E-state index in [1.807, 2.05) is 0 Å². The van der Waals surface area contributed by atoms with Crippen molar-refractivity contribution in [2.24, 2.45) is 0 Å². The number of nitrogens with one attached hydrogen (secondary N) is 1. The fourth-order valence-electron chi connectivity index (χ4n) is 1.67. The molecule has 18 heavy (non-hydrogen) atoms. The van der Waals surface area contributed by atoms with Crippen molar-refractivity contribution >= 4 is 15.7 Å². The van der Waals surface area contributed by atoms with Crippen molar-refractivity contribution in [3.63, 3.8) is 0 Å². The van der Waals surface area contributed by atoms with Crippen LogP contribution in [0.4, 0.5) is 0 Å². The Labute approximate surface area is 107 Å². The summed E-state index contributed by atoms with van der Waals surface area (Å²) in [5, 5.41) is 11.9. The summed E-state index contributed by atoms with van der Waals surface area (Å²) in [6, 6.07) is 5.97. The van der Waals surface area contributed by atoms with Crippen molar-refractivity contribution < 1.29 is 18.3 Å². The van der Waals surface area contributed by atoms with Crippen molar-refractivity contribution in [3.8, 4) is 5.75 Å². The first-order valence-electron chi connectivity index (χ1n) is 5.51. The van der Waals surface area contributed by atoms with Crippen LogP contribution in [0.2, 0.25) is 0 Å². The lowest BCUT2D eigenvalue weighted by Gasteiger charge is -2.12. The average Bonchev–Trinajstić information content (AvgIpc) is 2.13. The van der Waals surface area contributed by atoms with Crippen molar-refractivity contribution in [2.45, 2.75) is 19.4 Å². The number of phenols is 1. The maximum absolute atomic E-state index is 11.6. The zero-order chi connectivity index (χ0) is 13.8. The Balaban J connectivity index is 2.52. The first-order valence-corrected chi connectivity index (χ1v) is 7.57. The van der Waals surface area contributed by atoms with E-state index >= 15 is 0 Å². The highest BCUT2D eigenvalue weighted by molar-refractivity contribution is 7.90. The second-order valence-electron chi connectivity index (χ2n) is 4.41. The fourth-order valence-corrected chi connectivity index (χ4v) is 2.67. The van der Waals surface area contributed by atoms with Gasteiger partial charge in [0.15, 0.2) is 0 Å². The summed E-state index contributed by atoms with van der Waals surface area (Å²) in [5.74, 6) is -0.250. The summed E-state index contributed by atoms with van der Waals surface area (Å²) in [4.78, 5) is 11.6. The Morgan fingerprint density at radius 3 is 2.67 bits per heavy atom. The standard InChI is InChI=1S/C12H17NO4S/c1-9(8-18(2,16)17)13-12(15)7-10-4-3-5-11(14)6-10/h3-6,9,14H,7-8H2,1-2H3,(H,13,15). The SMILES string of the molecule is CC(CS(C)(=O)=O)NC(=O)Cc1cccc(O)c1. The second-order valence-corrected chi connectivity index (χ2v) is 6.59. The van der Waals surface area contributed by atoms with Crippen molar-refractivity contribution in [3.05, 3.63) is 29.8 Å². The quantitative estimate of drug-likeness (QED) is 0.816. The van der Waals surface area contributed by atoms with Crippen LogP contribution in [-0.4, -0.2) is 37.5 Å². The predicted octanol–water partition coefficient (Wildman–Crippen LogP) is 0.484. The van der Waals surface area contributed by atoms with Gasteiger partial charge in [0.1, 0.15) is 15.6 Å². The van der Waals surface area contributed by atoms with Gasteiger partial charge in [-0.1, -0.05) is 12.1 Å². The molecule has 0 saturated carbocycles. The molecule has 0 saturated heterocycles. The van der Waals surface area contributed by atoms with Crippen LogP contribution < -0.4 is 5.32 Å². The maximum Gasteiger partial charge on any atom is 0.224 e. The molecule has 0 spiro atoms. The molecule has 0 aliphatic rings. The van der Waals surface area contributed by atoms with E-state index in [0.29, 0.717) is 5.56 Å². The van der Waals surface area contributed by atoms with Crippen molar-refractivity contribution in [1.82, 2.24) is 5.32 Å². The molecule has 0 aromatic heterocycles. The lowest BCUT2D eigenvalue weighted by molar-refractivity contribution is -0.120. The number of rotatable bonds is 5. The van der Waals surface area contributed by atoms with E-state index in [4.69, 9.17) is 0 Å². The summed E-state index contributed by atoms with van der Waals surface area (Å²) >= 11 is 0. The molecule has 1 amide bonds. The highest BCUT2D eigenvalue weighted by Gasteiger charge is 2.13. The van der Waals surface area contributed by atoms with Crippen molar-refractivity contribution in [1.29, 1.82) is 0 Å². The van der Waals surface area contributed by atoms with Gasteiger partial charge in [-0.3, -0.25) is 4.79 Å². The van der Waals surface area contributed by atoms with Gasteiger partial charge in [-0.15, -0.1) is 0 Å². The topological polar surface area (TPSA) is 83.5 Å². The summed E-state index contributed by atoms with van der Waals surface area (Å²) in [6.07, 6.45) is 1.24. The van der Waals surface area contributed by atoms with Crippen LogP contribution in [0.25, 0.3) is 0 Å². The van der Waals surface area contributed by atoms with Gasteiger partial charge in [0, 0.05) is 12.3 Å². The van der Waals surface area contributed by atoms with Crippen LogP contribution in [0.3, 0.4) is 0 Å². The van der Waals surface area contributed by atoms with E-state index in [1.165, 1.54) is 12.1 Å². The van der Waals surface area contributed by atoms with E-state index in [2.05, 4.69) is 5.32 Å². The number of carbonyl (C=O) groups is 1. The molecule has 1 aromatic carbocycles. The third-order valence-corrected chi connectivity index (χ3v) is 3.34. The number of hydrogen-bond donors (Lipinski definition) is 2. The zero-order valence-corrected chi connectivity index (χ0v) is 11.2. The summed E-state index contributed by atoms with van der Waals surface area (Å²) in [7, 11) is -3.10. The van der Waals surface area contributed by atoms with Gasteiger partial charge < -0.3 is 10.4 Å². The average molecular weight is 271 g/mol. The van der Waals surface area contributed by atoms with Crippen LogP contribution in [0.5, 0.6) is 5.75 Å². The summed E-state index contributed by atoms with van der Waals surface area (Å²) < 4.78 is 22.1. The van der Waals surface area contributed by atoms with E-state index < -0.39 is 15.9 Å². The lowest BCUT2D eigenvalue weighted by Crippen LogP contribution is -2.38. The second kappa shape index (κ2) is 5.86. The van der Waals surface area contributed by atoms with Crippen LogP contribution in [0.15, 0.2) is 24.3 Å². The van der Waals surface area contributed by atoms with Crippen LogP contribution in [0, 0.1) is 0 Å². The highest BCUT2D eigenvalue weighted by atomic mass is 32.2. The maximum atomic E-state index is 11.6. The molecule has 0 bridgehead atoms. The van der Waals surface area contributed by atoms with Gasteiger partial charge in [0.2, 0.25) is 5.91 Å². The molecule has 0 aliphatic heterocycles. The van der Waals surface area contributed by atoms with Crippen LogP contribution in [-0.2, 0) is 21.1 Å². The molecule has 2 N–H and O–H groups in total. The molecular formula is C12H17NO4S. The predicted molar refractivity (Wildman–Crippen MR) is 69.1 cm³/mol. The smallest absolute Gasteiger partial charge is 0.224 e. The van der Waals surface area contributed by atoms with Gasteiger partial charge in [0.05, 0.1) is 12.2 Å². The first-order chi connectivity index (χ1) is 8.26. The van der Waals surface area contributed by atoms with Gasteiger partial charge in [-0.2, -0.15) is 0 Å². The number of carbonyl (C=O) groups excluding carboxylic acids is 1. The normalized spacial score (nSPS) is 13.0. The largest absolute Gasteiger partial charge is 0.508 e. The summed E-state index contributed by atoms with van der Waals surface area (Å²) in [5.41, 5.74) is 0.680. The molecule has 0 radical (unpaired) electrons. The molecule has 0 aliphatic carbocycles. The minimum atomic E-state index is -3.10. The monoisotopic (exact) mass is 271 g/mol. The van der Waals surface area contributed by atoms with Crippen LogP contribution >= 0.6 is 0 Å². The van der Waals surface area contributed by atoms with Gasteiger partial charge >= 0.3 is 0 Å². The molecule has 0 fully saturated rings. The molecule has 6 heteroatoms. The Morgan fingerprint density at radius 2 is 2.11 bits per heavy atom. The number of amides is 1. The number of aromatic hydroxyl groups is 1. The van der Waals surface area contributed by atoms with Crippen LogP contribution in [0.1, 0.15) is 12.5 Å². The Bertz CT molecular complexity index is 525. The molecule has 1 aromatic rings. The Morgan fingerprint density at radius 1 is 1.44 bits per heavy atom. The Kier molecular flexibility index (Phi) is 4.72. The molecule has 100 valence electrons. The number of benzene rings is 1. The highest BCUT2D eigenvalue weighted by Crippen LogP contribution is 2.11. The molecule has 1 unspecified atom stereocenters. The van der Waals surface area contributed by atoms with Gasteiger partial charge in [-0.05, 0) is 24.6 Å². The summed E-state index contributed by atoms with van der Waals surface area (Å²) in [6.45, 7) is 1.64. The number of hydrogen-bond acceptors (Lipinski definition) is 4. The molecular weight excluding hydrogens is 254 g/mol.